The van der Waals surface area contributed by atoms with Gasteiger partial charge in [-0.3, -0.25) is 4.79 Å². The van der Waals surface area contributed by atoms with Crippen LogP contribution in [0.5, 0.6) is 0 Å². The SMILES string of the molecule is CCO[C@H]1C[C@H](NC(=O)c2c(F)cc(N)nc2F)C1(CC)CC. The fraction of sp³-hybridized carbons (Fsp3) is 0.625. The second-order valence-electron chi connectivity index (χ2n) is 5.84. The molecule has 1 aromatic rings. The van der Waals surface area contributed by atoms with Crippen molar-refractivity contribution in [3.8, 4) is 0 Å². The van der Waals surface area contributed by atoms with Crippen LogP contribution in [0.15, 0.2) is 6.07 Å². The molecule has 1 aromatic heterocycles. The maximum atomic E-state index is 13.8. The highest BCUT2D eigenvalue weighted by Gasteiger charge is 2.54. The van der Waals surface area contributed by atoms with E-state index in [1.54, 1.807) is 0 Å². The van der Waals surface area contributed by atoms with Gasteiger partial charge in [0.05, 0.1) is 6.10 Å². The molecule has 5 nitrogen and oxygen atoms in total. The summed E-state index contributed by atoms with van der Waals surface area (Å²) in [7, 11) is 0. The minimum absolute atomic E-state index is 0.0482. The van der Waals surface area contributed by atoms with Crippen molar-refractivity contribution in [3.05, 3.63) is 23.4 Å². The van der Waals surface area contributed by atoms with Gasteiger partial charge in [-0.25, -0.2) is 9.37 Å². The highest BCUT2D eigenvalue weighted by atomic mass is 19.1. The maximum Gasteiger partial charge on any atom is 0.259 e. The van der Waals surface area contributed by atoms with Crippen LogP contribution in [0.4, 0.5) is 14.6 Å². The monoisotopic (exact) mass is 327 g/mol. The first kappa shape index (κ1) is 17.6. The van der Waals surface area contributed by atoms with Gasteiger partial charge in [-0.15, -0.1) is 0 Å². The summed E-state index contributed by atoms with van der Waals surface area (Å²) >= 11 is 0. The molecule has 2 rings (SSSR count). The predicted octanol–water partition coefficient (Wildman–Crippen LogP) is 2.66. The smallest absolute Gasteiger partial charge is 0.259 e. The molecule has 1 aliphatic carbocycles. The molecular weight excluding hydrogens is 304 g/mol. The zero-order valence-corrected chi connectivity index (χ0v) is 13.7. The molecule has 1 saturated carbocycles. The number of nitrogens with zero attached hydrogens (tertiary/aromatic N) is 1. The van der Waals surface area contributed by atoms with Gasteiger partial charge in [-0.05, 0) is 26.2 Å². The number of nitrogen functional groups attached to an aromatic ring is 1. The van der Waals surface area contributed by atoms with Gasteiger partial charge >= 0.3 is 0 Å². The van der Waals surface area contributed by atoms with Crippen molar-refractivity contribution >= 4 is 11.7 Å². The highest BCUT2D eigenvalue weighted by molar-refractivity contribution is 5.95. The number of carbonyl (C=O) groups excluding carboxylic acids is 1. The van der Waals surface area contributed by atoms with Gasteiger partial charge in [0.1, 0.15) is 17.2 Å². The van der Waals surface area contributed by atoms with Crippen LogP contribution in [0.25, 0.3) is 0 Å². The van der Waals surface area contributed by atoms with Crippen LogP contribution >= 0.6 is 0 Å². The van der Waals surface area contributed by atoms with Crippen molar-refractivity contribution in [2.45, 2.75) is 52.2 Å². The quantitative estimate of drug-likeness (QED) is 0.788. The highest BCUT2D eigenvalue weighted by Crippen LogP contribution is 2.49. The van der Waals surface area contributed by atoms with Gasteiger partial charge < -0.3 is 15.8 Å². The molecule has 0 unspecified atom stereocenters. The molecule has 128 valence electrons. The molecule has 0 bridgehead atoms. The van der Waals surface area contributed by atoms with Crippen molar-refractivity contribution in [2.75, 3.05) is 12.3 Å². The van der Waals surface area contributed by atoms with E-state index in [1.807, 2.05) is 20.8 Å². The first-order valence-electron chi connectivity index (χ1n) is 7.93. The Morgan fingerprint density at radius 2 is 2.09 bits per heavy atom. The Morgan fingerprint density at radius 3 is 2.61 bits per heavy atom. The Balaban J connectivity index is 2.18. The molecule has 0 aliphatic heterocycles. The largest absolute Gasteiger partial charge is 0.384 e. The average molecular weight is 327 g/mol. The van der Waals surface area contributed by atoms with E-state index in [0.29, 0.717) is 13.0 Å². The minimum atomic E-state index is -1.20. The van der Waals surface area contributed by atoms with E-state index in [2.05, 4.69) is 10.3 Å². The number of carbonyl (C=O) groups is 1. The van der Waals surface area contributed by atoms with Crippen LogP contribution in [0, 0.1) is 17.2 Å². The summed E-state index contributed by atoms with van der Waals surface area (Å²) in [6.07, 6.45) is 2.30. The van der Waals surface area contributed by atoms with Gasteiger partial charge in [0, 0.05) is 24.1 Å². The summed E-state index contributed by atoms with van der Waals surface area (Å²) in [5.74, 6) is -3.31. The average Bonchev–Trinajstić information content (AvgIpc) is 2.46. The molecule has 1 amide bonds. The fourth-order valence-electron chi connectivity index (χ4n) is 3.52. The Hall–Kier alpha value is -1.76. The third-order valence-electron chi connectivity index (χ3n) is 4.95. The van der Waals surface area contributed by atoms with Crippen LogP contribution in [-0.4, -0.2) is 29.6 Å². The Kier molecular flexibility index (Phi) is 5.19. The Morgan fingerprint density at radius 1 is 1.43 bits per heavy atom. The normalized spacial score (nSPS) is 22.5. The molecule has 3 N–H and O–H groups in total. The standard InChI is InChI=1S/C16H23F2N3O2/c1-4-16(5-2)10(8-11(16)23-6-3)20-15(22)13-9(17)7-12(19)21-14(13)18/h7,10-11H,4-6,8H2,1-3H3,(H2,19,21)(H,20,22)/t10-,11-/m0/s1. The maximum absolute atomic E-state index is 13.8. The lowest BCUT2D eigenvalue weighted by Crippen LogP contribution is -2.64. The lowest BCUT2D eigenvalue weighted by Gasteiger charge is -2.55. The van der Waals surface area contributed by atoms with Crippen LogP contribution in [0.2, 0.25) is 0 Å². The van der Waals surface area contributed by atoms with E-state index in [4.69, 9.17) is 10.5 Å². The van der Waals surface area contributed by atoms with Crippen molar-refractivity contribution in [1.82, 2.24) is 10.3 Å². The first-order valence-corrected chi connectivity index (χ1v) is 7.93. The van der Waals surface area contributed by atoms with Crippen LogP contribution < -0.4 is 11.1 Å². The Labute approximate surface area is 134 Å². The number of pyridine rings is 1. The lowest BCUT2D eigenvalue weighted by molar-refractivity contribution is -0.134. The molecule has 0 saturated heterocycles. The summed E-state index contributed by atoms with van der Waals surface area (Å²) in [6, 6.07) is 0.659. The van der Waals surface area contributed by atoms with Crippen molar-refractivity contribution in [2.24, 2.45) is 5.41 Å². The fourth-order valence-corrected chi connectivity index (χ4v) is 3.52. The summed E-state index contributed by atoms with van der Waals surface area (Å²) in [5, 5.41) is 2.74. The van der Waals surface area contributed by atoms with Crippen LogP contribution in [-0.2, 0) is 4.74 Å². The summed E-state index contributed by atoms with van der Waals surface area (Å²) < 4.78 is 33.3. The molecule has 1 fully saturated rings. The van der Waals surface area contributed by atoms with Gasteiger partial charge in [-0.2, -0.15) is 4.39 Å². The number of ether oxygens (including phenoxy) is 1. The van der Waals surface area contributed by atoms with Crippen LogP contribution in [0.1, 0.15) is 50.4 Å². The molecule has 0 spiro atoms. The summed E-state index contributed by atoms with van der Waals surface area (Å²) in [4.78, 5) is 15.6. The number of nitrogens with one attached hydrogen (secondary N) is 1. The molecule has 0 aromatic carbocycles. The van der Waals surface area contributed by atoms with E-state index in [0.717, 1.165) is 18.9 Å². The Bertz CT molecular complexity index is 568. The number of halogens is 2. The van der Waals surface area contributed by atoms with E-state index >= 15 is 0 Å². The first-order chi connectivity index (χ1) is 10.9. The van der Waals surface area contributed by atoms with Gasteiger partial charge in [0.15, 0.2) is 0 Å². The van der Waals surface area contributed by atoms with Gasteiger partial charge in [0.2, 0.25) is 5.95 Å². The van der Waals surface area contributed by atoms with Crippen molar-refractivity contribution < 1.29 is 18.3 Å². The summed E-state index contributed by atoms with van der Waals surface area (Å²) in [6.45, 7) is 6.57. The molecule has 1 heterocycles. The molecule has 2 atom stereocenters. The predicted molar refractivity (Wildman–Crippen MR) is 82.9 cm³/mol. The van der Waals surface area contributed by atoms with E-state index < -0.39 is 23.2 Å². The molecule has 1 aliphatic rings. The number of anilines is 1. The topological polar surface area (TPSA) is 77.2 Å². The lowest BCUT2D eigenvalue weighted by atomic mass is 9.58. The molecular formula is C16H23F2N3O2. The number of aromatic nitrogens is 1. The number of amides is 1. The minimum Gasteiger partial charge on any atom is -0.384 e. The number of hydrogen-bond donors (Lipinski definition) is 2. The van der Waals surface area contributed by atoms with Crippen molar-refractivity contribution in [3.63, 3.8) is 0 Å². The van der Waals surface area contributed by atoms with Gasteiger partial charge in [0.25, 0.3) is 5.91 Å². The summed E-state index contributed by atoms with van der Waals surface area (Å²) in [5.41, 5.74) is 4.36. The number of hydrogen-bond acceptors (Lipinski definition) is 4. The van der Waals surface area contributed by atoms with E-state index in [1.165, 1.54) is 0 Å². The molecule has 0 radical (unpaired) electrons. The van der Waals surface area contributed by atoms with Crippen molar-refractivity contribution in [1.29, 1.82) is 0 Å². The van der Waals surface area contributed by atoms with E-state index in [9.17, 15) is 13.6 Å². The number of rotatable bonds is 6. The zero-order chi connectivity index (χ0) is 17.2. The number of nitrogens with two attached hydrogens (primary N) is 1. The molecule has 7 heteroatoms. The second kappa shape index (κ2) is 6.78. The van der Waals surface area contributed by atoms with Crippen LogP contribution in [0.3, 0.4) is 0 Å². The third-order valence-corrected chi connectivity index (χ3v) is 4.95. The molecule has 23 heavy (non-hydrogen) atoms. The van der Waals surface area contributed by atoms with Gasteiger partial charge in [-0.1, -0.05) is 13.8 Å². The second-order valence-corrected chi connectivity index (χ2v) is 5.84. The third kappa shape index (κ3) is 3.02. The zero-order valence-electron chi connectivity index (χ0n) is 13.7. The van der Waals surface area contributed by atoms with E-state index in [-0.39, 0.29) is 23.4 Å².